The first-order valence-electron chi connectivity index (χ1n) is 4.13. The Morgan fingerprint density at radius 2 is 0.733 bits per heavy atom. The number of hydrogen-bond donors (Lipinski definition) is 0. The molecule has 0 amide bonds. The Labute approximate surface area is 88.4 Å². The maximum Gasteiger partial charge on any atom is 0.109 e. The van der Waals surface area contributed by atoms with Gasteiger partial charge >= 0.3 is 0 Å². The highest BCUT2D eigenvalue weighted by atomic mass is 32.2. The summed E-state index contributed by atoms with van der Waals surface area (Å²) < 4.78 is 69.9. The van der Waals surface area contributed by atoms with Crippen molar-refractivity contribution in [3.05, 3.63) is 0 Å². The smallest absolute Gasteiger partial charge is 0.109 e. The van der Waals surface area contributed by atoms with E-state index in [9.17, 15) is 26.3 Å². The van der Waals surface area contributed by atoms with Crippen LogP contribution in [0.3, 0.4) is 0 Å². The lowest BCUT2D eigenvalue weighted by Crippen LogP contribution is -2.44. The number of halogens is 6. The molecule has 0 aliphatic rings. The zero-order chi connectivity index (χ0) is 11.9. The summed E-state index contributed by atoms with van der Waals surface area (Å²) in [6, 6.07) is 0. The van der Waals surface area contributed by atoms with Crippen molar-refractivity contribution in [1.82, 2.24) is 0 Å². The van der Waals surface area contributed by atoms with Crippen LogP contribution in [0.2, 0.25) is 0 Å². The number of hydrogen-bond acceptors (Lipinski definition) is 1. The van der Waals surface area contributed by atoms with Crippen LogP contribution in [-0.4, -0.2) is 49.5 Å². The highest BCUT2D eigenvalue weighted by Crippen LogP contribution is 2.39. The number of rotatable bonds is 8. The molecular weight excluding hydrogens is 242 g/mol. The van der Waals surface area contributed by atoms with Crippen molar-refractivity contribution in [2.45, 2.75) is 9.49 Å². The minimum Gasteiger partial charge on any atom is -0.249 e. The molecule has 0 aromatic heterocycles. The molecule has 0 N–H and O–H groups in total. The Balaban J connectivity index is 4.74. The van der Waals surface area contributed by atoms with Gasteiger partial charge in [0.2, 0.25) is 0 Å². The summed E-state index contributed by atoms with van der Waals surface area (Å²) in [7, 11) is 0. The van der Waals surface area contributed by atoms with E-state index in [0.717, 1.165) is 0 Å². The van der Waals surface area contributed by atoms with Crippen molar-refractivity contribution < 1.29 is 26.3 Å². The molecule has 0 saturated carbocycles. The lowest BCUT2D eigenvalue weighted by atomic mass is 10.2. The van der Waals surface area contributed by atoms with E-state index < -0.39 is 49.5 Å². The monoisotopic (exact) mass is 254 g/mol. The molecule has 0 radical (unpaired) electrons. The molecule has 15 heavy (non-hydrogen) atoms. The van der Waals surface area contributed by atoms with Gasteiger partial charge in [-0.15, -0.1) is 11.8 Å². The maximum atomic E-state index is 12.4. The normalized spacial score (nSPS) is 13.2. The summed E-state index contributed by atoms with van der Waals surface area (Å²) in [5.41, 5.74) is 0. The minimum atomic E-state index is -2.19. The zero-order valence-electron chi connectivity index (χ0n) is 7.92. The lowest BCUT2D eigenvalue weighted by Gasteiger charge is -2.33. The van der Waals surface area contributed by atoms with Crippen LogP contribution in [-0.2, 0) is 0 Å². The first kappa shape index (κ1) is 14.9. The molecule has 0 rings (SSSR count). The van der Waals surface area contributed by atoms with Gasteiger partial charge in [-0.05, 0) is 0 Å². The second-order valence-electron chi connectivity index (χ2n) is 3.27. The number of alkyl halides is 6. The molecule has 0 heterocycles. The fourth-order valence-corrected chi connectivity index (χ4v) is 2.08. The summed E-state index contributed by atoms with van der Waals surface area (Å²) in [6.45, 7) is -8.63. The molecule has 0 aliphatic carbocycles. The molecule has 0 aromatic carbocycles. The Hall–Kier alpha value is -0.0700. The van der Waals surface area contributed by atoms with Crippen molar-refractivity contribution in [1.29, 1.82) is 0 Å². The van der Waals surface area contributed by atoms with Crippen LogP contribution in [0.15, 0.2) is 0 Å². The van der Waals surface area contributed by atoms with Gasteiger partial charge in [-0.2, -0.15) is 0 Å². The Morgan fingerprint density at radius 1 is 0.533 bits per heavy atom. The van der Waals surface area contributed by atoms with Gasteiger partial charge < -0.3 is 0 Å². The molecule has 0 bridgehead atoms. The van der Waals surface area contributed by atoms with Gasteiger partial charge in [0, 0.05) is 0 Å². The van der Waals surface area contributed by atoms with Crippen molar-refractivity contribution in [3.8, 4) is 0 Å². The van der Waals surface area contributed by atoms with E-state index in [1.165, 1.54) is 0 Å². The van der Waals surface area contributed by atoms with E-state index in [1.54, 1.807) is 0 Å². The molecule has 0 unspecified atom stereocenters. The van der Waals surface area contributed by atoms with Crippen LogP contribution in [0.5, 0.6) is 0 Å². The van der Waals surface area contributed by atoms with E-state index in [-0.39, 0.29) is 11.8 Å². The second kappa shape index (κ2) is 6.50. The maximum absolute atomic E-state index is 12.4. The summed E-state index contributed by atoms with van der Waals surface area (Å²) in [4.78, 5) is 0. The Morgan fingerprint density at radius 3 is 0.867 bits per heavy atom. The predicted octanol–water partition coefficient (Wildman–Crippen LogP) is 3.01. The quantitative estimate of drug-likeness (QED) is 0.600. The van der Waals surface area contributed by atoms with E-state index in [1.807, 2.05) is 0 Å². The van der Waals surface area contributed by atoms with Gasteiger partial charge in [0.15, 0.2) is 0 Å². The Kier molecular flexibility index (Phi) is 6.47. The van der Waals surface area contributed by atoms with E-state index in [0.29, 0.717) is 0 Å². The molecule has 0 aromatic rings. The lowest BCUT2D eigenvalue weighted by molar-refractivity contribution is 0.244. The number of thioether (sulfide) groups is 1. The van der Waals surface area contributed by atoms with E-state index in [4.69, 9.17) is 0 Å². The SMILES string of the molecule is FCC(CF)(CF)SC(CF)(CF)CF. The highest BCUT2D eigenvalue weighted by Gasteiger charge is 2.43. The summed E-state index contributed by atoms with van der Waals surface area (Å²) in [6.07, 6.45) is 0. The van der Waals surface area contributed by atoms with Gasteiger partial charge in [0.25, 0.3) is 0 Å². The third-order valence-corrected chi connectivity index (χ3v) is 3.41. The summed E-state index contributed by atoms with van der Waals surface area (Å²) >= 11 is 0.0347. The van der Waals surface area contributed by atoms with Gasteiger partial charge in [-0.1, -0.05) is 0 Å². The van der Waals surface area contributed by atoms with Gasteiger partial charge in [0.05, 0.1) is 0 Å². The molecule has 0 atom stereocenters. The zero-order valence-corrected chi connectivity index (χ0v) is 8.74. The fraction of sp³-hybridized carbons (Fsp3) is 1.00. The van der Waals surface area contributed by atoms with Crippen molar-refractivity contribution in [2.75, 3.05) is 40.0 Å². The summed E-state index contributed by atoms with van der Waals surface area (Å²) in [5, 5.41) is 0. The molecule has 92 valence electrons. The third-order valence-electron chi connectivity index (χ3n) is 1.89. The van der Waals surface area contributed by atoms with Crippen LogP contribution < -0.4 is 0 Å². The van der Waals surface area contributed by atoms with Crippen LogP contribution in [0, 0.1) is 0 Å². The molecule has 0 fully saturated rings. The molecular formula is C8H12F6S. The average molecular weight is 254 g/mol. The van der Waals surface area contributed by atoms with Crippen LogP contribution in [0.1, 0.15) is 0 Å². The predicted molar refractivity (Wildman–Crippen MR) is 48.9 cm³/mol. The van der Waals surface area contributed by atoms with Crippen LogP contribution in [0.4, 0.5) is 26.3 Å². The first-order chi connectivity index (χ1) is 7.07. The largest absolute Gasteiger partial charge is 0.249 e. The van der Waals surface area contributed by atoms with Crippen molar-refractivity contribution in [2.24, 2.45) is 0 Å². The first-order valence-corrected chi connectivity index (χ1v) is 4.95. The molecule has 0 nitrogen and oxygen atoms in total. The highest BCUT2D eigenvalue weighted by molar-refractivity contribution is 8.02. The van der Waals surface area contributed by atoms with Gasteiger partial charge in [-0.25, -0.2) is 26.3 Å². The molecule has 0 spiro atoms. The topological polar surface area (TPSA) is 0 Å². The van der Waals surface area contributed by atoms with Crippen LogP contribution >= 0.6 is 11.8 Å². The van der Waals surface area contributed by atoms with Gasteiger partial charge in [-0.3, -0.25) is 0 Å². The van der Waals surface area contributed by atoms with Gasteiger partial charge in [0.1, 0.15) is 49.5 Å². The molecule has 0 aliphatic heterocycles. The van der Waals surface area contributed by atoms with E-state index in [2.05, 4.69) is 0 Å². The standard InChI is InChI=1S/C8H12F6S/c9-1-7(2-10,3-11)15-8(4-12,5-13)6-14/h1-6H2. The minimum absolute atomic E-state index is 0.0347. The third kappa shape index (κ3) is 3.46. The molecule has 0 saturated heterocycles. The van der Waals surface area contributed by atoms with Crippen molar-refractivity contribution >= 4 is 11.8 Å². The van der Waals surface area contributed by atoms with Crippen molar-refractivity contribution in [3.63, 3.8) is 0 Å². The summed E-state index contributed by atoms with van der Waals surface area (Å²) in [5.74, 6) is 0. The Bertz CT molecular complexity index is 134. The van der Waals surface area contributed by atoms with Crippen LogP contribution in [0.25, 0.3) is 0 Å². The molecule has 7 heteroatoms. The fourth-order valence-electron chi connectivity index (χ4n) is 0.837. The average Bonchev–Trinajstić information content (AvgIpc) is 2.33. The van der Waals surface area contributed by atoms with E-state index >= 15 is 0 Å². The second-order valence-corrected chi connectivity index (χ2v) is 5.21.